The van der Waals surface area contributed by atoms with Crippen LogP contribution >= 0.6 is 0 Å². The normalized spacial score (nSPS) is 16.2. The maximum atomic E-state index is 10.1. The zero-order chi connectivity index (χ0) is 8.81. The van der Waals surface area contributed by atoms with Crippen molar-refractivity contribution in [3.63, 3.8) is 0 Å². The standard InChI is InChI=1S/C7H13N3O2/c11-6(12)2-5-10-7-8-3-1-4-9-7/h1-5H2,(H,11,12)(H2,8,9,10). The highest BCUT2D eigenvalue weighted by molar-refractivity contribution is 5.80. The molecule has 0 bridgehead atoms. The molecule has 0 saturated heterocycles. The van der Waals surface area contributed by atoms with Gasteiger partial charge in [0.05, 0.1) is 6.42 Å². The number of nitrogens with zero attached hydrogens (tertiary/aromatic N) is 1. The third kappa shape index (κ3) is 3.23. The molecule has 0 amide bonds. The summed E-state index contributed by atoms with van der Waals surface area (Å²) in [6, 6.07) is 0. The van der Waals surface area contributed by atoms with Gasteiger partial charge in [-0.05, 0) is 6.42 Å². The summed E-state index contributed by atoms with van der Waals surface area (Å²) in [5.41, 5.74) is 0. The van der Waals surface area contributed by atoms with Crippen molar-refractivity contribution in [3.8, 4) is 0 Å². The van der Waals surface area contributed by atoms with Crippen LogP contribution in [0.2, 0.25) is 0 Å². The smallest absolute Gasteiger partial charge is 0.305 e. The van der Waals surface area contributed by atoms with Crippen molar-refractivity contribution in [2.24, 2.45) is 4.99 Å². The monoisotopic (exact) mass is 171 g/mol. The second-order valence-corrected chi connectivity index (χ2v) is 2.58. The van der Waals surface area contributed by atoms with Crippen LogP contribution in [0.4, 0.5) is 0 Å². The van der Waals surface area contributed by atoms with Crippen molar-refractivity contribution < 1.29 is 9.90 Å². The van der Waals surface area contributed by atoms with E-state index in [-0.39, 0.29) is 6.42 Å². The summed E-state index contributed by atoms with van der Waals surface area (Å²) in [7, 11) is 0. The molecule has 5 nitrogen and oxygen atoms in total. The fourth-order valence-corrected chi connectivity index (χ4v) is 0.939. The van der Waals surface area contributed by atoms with Gasteiger partial charge in [0.15, 0.2) is 5.96 Å². The third-order valence-electron chi connectivity index (χ3n) is 1.53. The second kappa shape index (κ2) is 4.58. The first-order valence-electron chi connectivity index (χ1n) is 4.03. The summed E-state index contributed by atoms with van der Waals surface area (Å²) < 4.78 is 0. The molecule has 1 rings (SSSR count). The van der Waals surface area contributed by atoms with E-state index >= 15 is 0 Å². The minimum atomic E-state index is -0.793. The summed E-state index contributed by atoms with van der Waals surface area (Å²) in [5.74, 6) is -0.0681. The molecular formula is C7H13N3O2. The Bertz CT molecular complexity index is 191. The molecule has 0 radical (unpaired) electrons. The van der Waals surface area contributed by atoms with Crippen molar-refractivity contribution in [2.45, 2.75) is 12.8 Å². The fraction of sp³-hybridized carbons (Fsp3) is 0.714. The van der Waals surface area contributed by atoms with E-state index < -0.39 is 5.97 Å². The molecule has 1 heterocycles. The van der Waals surface area contributed by atoms with Crippen molar-refractivity contribution in [2.75, 3.05) is 19.6 Å². The van der Waals surface area contributed by atoms with Gasteiger partial charge in [-0.25, -0.2) is 0 Å². The molecule has 0 unspecified atom stereocenters. The van der Waals surface area contributed by atoms with Crippen molar-refractivity contribution in [1.82, 2.24) is 10.6 Å². The number of nitrogens with one attached hydrogen (secondary N) is 2. The van der Waals surface area contributed by atoms with Crippen LogP contribution in [0.5, 0.6) is 0 Å². The molecule has 68 valence electrons. The molecule has 0 aliphatic carbocycles. The van der Waals surface area contributed by atoms with E-state index in [4.69, 9.17) is 5.11 Å². The largest absolute Gasteiger partial charge is 0.481 e. The highest BCUT2D eigenvalue weighted by atomic mass is 16.4. The van der Waals surface area contributed by atoms with Gasteiger partial charge in [-0.15, -0.1) is 0 Å². The van der Waals surface area contributed by atoms with Gasteiger partial charge in [0.1, 0.15) is 0 Å². The highest BCUT2D eigenvalue weighted by Crippen LogP contribution is 1.87. The molecule has 0 aromatic rings. The van der Waals surface area contributed by atoms with E-state index in [0.29, 0.717) is 6.54 Å². The number of hydrogen-bond acceptors (Lipinski definition) is 4. The molecule has 1 aliphatic rings. The van der Waals surface area contributed by atoms with E-state index in [0.717, 1.165) is 25.5 Å². The maximum absolute atomic E-state index is 10.1. The van der Waals surface area contributed by atoms with Gasteiger partial charge >= 0.3 is 5.97 Å². The number of guanidine groups is 1. The number of carboxylic acid groups (broad SMARTS) is 1. The van der Waals surface area contributed by atoms with Crippen LogP contribution in [0, 0.1) is 0 Å². The Morgan fingerprint density at radius 3 is 3.17 bits per heavy atom. The average molecular weight is 171 g/mol. The lowest BCUT2D eigenvalue weighted by atomic mass is 10.4. The van der Waals surface area contributed by atoms with Gasteiger partial charge in [-0.1, -0.05) is 0 Å². The molecule has 12 heavy (non-hydrogen) atoms. The zero-order valence-electron chi connectivity index (χ0n) is 6.84. The molecule has 0 fully saturated rings. The predicted octanol–water partition coefficient (Wildman–Crippen LogP) is -0.600. The molecule has 0 aromatic carbocycles. The summed E-state index contributed by atoms with van der Waals surface area (Å²) in [6.07, 6.45) is 1.17. The number of aliphatic carboxylic acids is 1. The van der Waals surface area contributed by atoms with E-state index in [1.54, 1.807) is 0 Å². The summed E-state index contributed by atoms with van der Waals surface area (Å²) in [4.78, 5) is 14.3. The first kappa shape index (κ1) is 8.83. The van der Waals surface area contributed by atoms with E-state index in [1.165, 1.54) is 0 Å². The molecule has 3 N–H and O–H groups in total. The van der Waals surface area contributed by atoms with Crippen LogP contribution in [-0.4, -0.2) is 36.7 Å². The highest BCUT2D eigenvalue weighted by Gasteiger charge is 2.03. The summed E-state index contributed by atoms with van der Waals surface area (Å²) in [6.45, 7) is 2.17. The molecule has 0 saturated carbocycles. The molecule has 1 aliphatic heterocycles. The van der Waals surface area contributed by atoms with Crippen LogP contribution in [0.3, 0.4) is 0 Å². The SMILES string of the molecule is O=C(O)CCNC1=NCCCN1. The van der Waals surface area contributed by atoms with Gasteiger partial charge in [0, 0.05) is 19.6 Å². The van der Waals surface area contributed by atoms with Gasteiger partial charge < -0.3 is 15.7 Å². The summed E-state index contributed by atoms with van der Waals surface area (Å²) in [5, 5.41) is 14.3. The Kier molecular flexibility index (Phi) is 3.37. The summed E-state index contributed by atoms with van der Waals surface area (Å²) >= 11 is 0. The van der Waals surface area contributed by atoms with Crippen LogP contribution in [0.25, 0.3) is 0 Å². The topological polar surface area (TPSA) is 73.7 Å². The Morgan fingerprint density at radius 1 is 1.75 bits per heavy atom. The van der Waals surface area contributed by atoms with Crippen LogP contribution in [0.15, 0.2) is 4.99 Å². The molecule has 0 atom stereocenters. The molecular weight excluding hydrogens is 158 g/mol. The minimum Gasteiger partial charge on any atom is -0.481 e. The predicted molar refractivity (Wildman–Crippen MR) is 45.2 cm³/mol. The van der Waals surface area contributed by atoms with Crippen LogP contribution in [0.1, 0.15) is 12.8 Å². The molecule has 0 aromatic heterocycles. The van der Waals surface area contributed by atoms with Crippen molar-refractivity contribution in [1.29, 1.82) is 0 Å². The first-order chi connectivity index (χ1) is 5.79. The number of rotatable bonds is 3. The number of hydrogen-bond donors (Lipinski definition) is 3. The third-order valence-corrected chi connectivity index (χ3v) is 1.53. The Labute approximate surface area is 70.9 Å². The molecule has 0 spiro atoms. The quantitative estimate of drug-likeness (QED) is 0.530. The van der Waals surface area contributed by atoms with E-state index in [1.807, 2.05) is 0 Å². The number of carboxylic acids is 1. The Hall–Kier alpha value is -1.26. The van der Waals surface area contributed by atoms with E-state index in [9.17, 15) is 4.79 Å². The van der Waals surface area contributed by atoms with Crippen LogP contribution < -0.4 is 10.6 Å². The lowest BCUT2D eigenvalue weighted by Gasteiger charge is -2.15. The van der Waals surface area contributed by atoms with Gasteiger partial charge in [0.2, 0.25) is 0 Å². The minimum absolute atomic E-state index is 0.126. The van der Waals surface area contributed by atoms with Gasteiger partial charge in [0.25, 0.3) is 0 Å². The zero-order valence-corrected chi connectivity index (χ0v) is 6.84. The Balaban J connectivity index is 2.13. The van der Waals surface area contributed by atoms with Crippen molar-refractivity contribution in [3.05, 3.63) is 0 Å². The second-order valence-electron chi connectivity index (χ2n) is 2.58. The molecule has 5 heteroatoms. The van der Waals surface area contributed by atoms with Gasteiger partial charge in [-0.3, -0.25) is 9.79 Å². The van der Waals surface area contributed by atoms with Crippen LogP contribution in [-0.2, 0) is 4.79 Å². The lowest BCUT2D eigenvalue weighted by molar-refractivity contribution is -0.136. The maximum Gasteiger partial charge on any atom is 0.305 e. The van der Waals surface area contributed by atoms with Crippen molar-refractivity contribution >= 4 is 11.9 Å². The fourth-order valence-electron chi connectivity index (χ4n) is 0.939. The average Bonchev–Trinajstić information content (AvgIpc) is 2.05. The number of aliphatic imine (C=N–C) groups is 1. The van der Waals surface area contributed by atoms with Gasteiger partial charge in [-0.2, -0.15) is 0 Å². The Morgan fingerprint density at radius 2 is 2.58 bits per heavy atom. The number of carbonyl (C=O) groups is 1. The van der Waals surface area contributed by atoms with E-state index in [2.05, 4.69) is 15.6 Å². The first-order valence-corrected chi connectivity index (χ1v) is 4.03. The lowest BCUT2D eigenvalue weighted by Crippen LogP contribution is -2.41.